The van der Waals surface area contributed by atoms with Gasteiger partial charge in [0.25, 0.3) is 0 Å². The van der Waals surface area contributed by atoms with E-state index in [1.54, 1.807) is 0 Å². The zero-order chi connectivity index (χ0) is 61.7. The molecule has 0 bridgehead atoms. The molecule has 436 valence electrons. The molecular formula is C84H58N6OS. The third-order valence-electron chi connectivity index (χ3n) is 18.7. The molecule has 0 saturated heterocycles. The van der Waals surface area contributed by atoms with Gasteiger partial charge in [-0.1, -0.05) is 264 Å². The molecule has 0 unspecified atom stereocenters. The lowest BCUT2D eigenvalue weighted by molar-refractivity contribution is 0.660. The van der Waals surface area contributed by atoms with Gasteiger partial charge in [-0.2, -0.15) is 0 Å². The SMILES string of the molecule is CC1(C)c2ccccc2-c2ccc(-c3ccc(-c4nc(-c5ccccc5)nc(-c5ccccc5)n4)c4c3oc3ccccc34)cc21.CC1(C)c2ccccc2-c2ccc(-c3ccc(-c4nc(-c5ccccc5)nc(-c5ccccc5)n4)c4c3sc3ccccc34)cc21. The van der Waals surface area contributed by atoms with Crippen LogP contribution in [-0.2, 0) is 10.8 Å². The maximum absolute atomic E-state index is 6.69. The number of furan rings is 1. The van der Waals surface area contributed by atoms with E-state index >= 15 is 0 Å². The van der Waals surface area contributed by atoms with Crippen molar-refractivity contribution in [3.8, 4) is 113 Å². The fourth-order valence-electron chi connectivity index (χ4n) is 14.1. The summed E-state index contributed by atoms with van der Waals surface area (Å²) in [5.74, 6) is 3.90. The maximum atomic E-state index is 6.69. The zero-order valence-electron chi connectivity index (χ0n) is 51.1. The van der Waals surface area contributed by atoms with Crippen molar-refractivity contribution in [2.24, 2.45) is 0 Å². The molecule has 18 rings (SSSR count). The summed E-state index contributed by atoms with van der Waals surface area (Å²) in [4.78, 5) is 30.2. The van der Waals surface area contributed by atoms with Crippen LogP contribution in [0.3, 0.4) is 0 Å². The van der Waals surface area contributed by atoms with Crippen molar-refractivity contribution in [1.29, 1.82) is 0 Å². The Bertz CT molecular complexity index is 5120. The van der Waals surface area contributed by atoms with Gasteiger partial charge in [-0.3, -0.25) is 0 Å². The highest BCUT2D eigenvalue weighted by Gasteiger charge is 2.37. The highest BCUT2D eigenvalue weighted by Crippen LogP contribution is 2.53. The van der Waals surface area contributed by atoms with Crippen molar-refractivity contribution in [1.82, 2.24) is 29.9 Å². The Morgan fingerprint density at radius 2 is 0.630 bits per heavy atom. The number of benzene rings is 12. The van der Waals surface area contributed by atoms with Crippen LogP contribution in [0.2, 0.25) is 0 Å². The van der Waals surface area contributed by atoms with Gasteiger partial charge in [0.2, 0.25) is 0 Å². The summed E-state index contributed by atoms with van der Waals surface area (Å²) in [6.07, 6.45) is 0. The largest absolute Gasteiger partial charge is 0.455 e. The topological polar surface area (TPSA) is 90.5 Å². The minimum absolute atomic E-state index is 0.0618. The van der Waals surface area contributed by atoms with Crippen molar-refractivity contribution in [2.45, 2.75) is 38.5 Å². The lowest BCUT2D eigenvalue weighted by Gasteiger charge is -2.22. The lowest BCUT2D eigenvalue weighted by atomic mass is 9.81. The summed E-state index contributed by atoms with van der Waals surface area (Å²) in [6.45, 7) is 9.32. The number of para-hydroxylation sites is 1. The van der Waals surface area contributed by atoms with Crippen molar-refractivity contribution in [3.63, 3.8) is 0 Å². The first-order chi connectivity index (χ1) is 45.1. The van der Waals surface area contributed by atoms with Crippen LogP contribution >= 0.6 is 11.3 Å². The summed E-state index contributed by atoms with van der Waals surface area (Å²) in [7, 11) is 0. The molecule has 0 spiro atoms. The molecular weight excluding hydrogens is 1140 g/mol. The minimum Gasteiger partial charge on any atom is -0.455 e. The van der Waals surface area contributed by atoms with Crippen molar-refractivity contribution in [2.75, 3.05) is 0 Å². The summed E-state index contributed by atoms with van der Waals surface area (Å²) in [6, 6.07) is 97.7. The molecule has 0 atom stereocenters. The first kappa shape index (κ1) is 54.8. The van der Waals surface area contributed by atoms with Crippen molar-refractivity contribution >= 4 is 53.4 Å². The lowest BCUT2D eigenvalue weighted by Crippen LogP contribution is -2.14. The Balaban J connectivity index is 0.000000141. The molecule has 0 saturated carbocycles. The Hall–Kier alpha value is -11.3. The molecule has 0 fully saturated rings. The molecule has 0 amide bonds. The maximum Gasteiger partial charge on any atom is 0.164 e. The van der Waals surface area contributed by atoms with Crippen molar-refractivity contribution in [3.05, 3.63) is 301 Å². The monoisotopic (exact) mass is 1200 g/mol. The zero-order valence-corrected chi connectivity index (χ0v) is 51.9. The van der Waals surface area contributed by atoms with E-state index < -0.39 is 0 Å². The second-order valence-electron chi connectivity index (χ2n) is 24.9. The number of hydrogen-bond acceptors (Lipinski definition) is 8. The third-order valence-corrected chi connectivity index (χ3v) is 19.9. The fourth-order valence-corrected chi connectivity index (χ4v) is 15.3. The summed E-state index contributed by atoms with van der Waals surface area (Å²) >= 11 is 1.84. The molecule has 8 heteroatoms. The van der Waals surface area contributed by atoms with Gasteiger partial charge < -0.3 is 4.42 Å². The second-order valence-corrected chi connectivity index (χ2v) is 25.9. The molecule has 7 nitrogen and oxygen atoms in total. The summed E-state index contributed by atoms with van der Waals surface area (Å²) < 4.78 is 9.19. The first-order valence-electron chi connectivity index (χ1n) is 31.2. The number of fused-ring (bicyclic) bond motifs is 12. The van der Waals surface area contributed by atoms with Gasteiger partial charge in [-0.25, -0.2) is 29.9 Å². The van der Waals surface area contributed by atoms with Gasteiger partial charge in [0.05, 0.1) is 0 Å². The molecule has 0 radical (unpaired) electrons. The van der Waals surface area contributed by atoms with Crippen LogP contribution < -0.4 is 0 Å². The molecule has 2 aliphatic carbocycles. The van der Waals surface area contributed by atoms with E-state index in [2.05, 4.69) is 198 Å². The standard InChI is InChI=1S/C42H29N3O.C42H29N3S/c2*1-42(2)34-19-11-9-17-30(34)31-22-21-28(25-35(31)42)29-23-24-33(37-32-18-10-12-20-36(32)46-38(29)37)41-44-39(26-13-5-3-6-14-26)43-40(45-41)27-15-7-4-8-16-27/h2*3-25H,1-2H3. The molecule has 92 heavy (non-hydrogen) atoms. The molecule has 2 aliphatic rings. The summed E-state index contributed by atoms with van der Waals surface area (Å²) in [5.41, 5.74) is 22.6. The normalized spacial score (nSPS) is 13.2. The van der Waals surface area contributed by atoms with Gasteiger partial charge in [0.15, 0.2) is 34.9 Å². The van der Waals surface area contributed by atoms with Gasteiger partial charge in [0, 0.05) is 80.7 Å². The second kappa shape index (κ2) is 21.7. The van der Waals surface area contributed by atoms with E-state index in [0.717, 1.165) is 66.4 Å². The average Bonchev–Trinajstić information content (AvgIpc) is 1.60. The molecule has 4 aromatic heterocycles. The summed E-state index contributed by atoms with van der Waals surface area (Å²) in [5, 5.41) is 4.44. The van der Waals surface area contributed by atoms with E-state index in [1.807, 2.05) is 121 Å². The Kier molecular flexibility index (Phi) is 12.9. The molecule has 12 aromatic carbocycles. The predicted molar refractivity (Wildman–Crippen MR) is 378 cm³/mol. The van der Waals surface area contributed by atoms with Crippen LogP contribution in [0.4, 0.5) is 0 Å². The smallest absolute Gasteiger partial charge is 0.164 e. The molecule has 0 aliphatic heterocycles. The number of nitrogens with zero attached hydrogens (tertiary/aromatic N) is 6. The Morgan fingerprint density at radius 1 is 0.272 bits per heavy atom. The highest BCUT2D eigenvalue weighted by atomic mass is 32.1. The van der Waals surface area contributed by atoms with Crippen LogP contribution in [0.15, 0.2) is 283 Å². The van der Waals surface area contributed by atoms with Crippen LogP contribution in [0.5, 0.6) is 0 Å². The fraction of sp³-hybridized carbons (Fsp3) is 0.0714. The van der Waals surface area contributed by atoms with Crippen LogP contribution in [-0.4, -0.2) is 29.9 Å². The van der Waals surface area contributed by atoms with E-state index in [4.69, 9.17) is 34.3 Å². The molecule has 0 N–H and O–H groups in total. The number of thiophene rings is 1. The van der Waals surface area contributed by atoms with E-state index in [-0.39, 0.29) is 10.8 Å². The third kappa shape index (κ3) is 9.08. The van der Waals surface area contributed by atoms with E-state index in [1.165, 1.54) is 75.8 Å². The molecule has 16 aromatic rings. The van der Waals surface area contributed by atoms with Gasteiger partial charge >= 0.3 is 0 Å². The number of aromatic nitrogens is 6. The van der Waals surface area contributed by atoms with Gasteiger partial charge in [0.1, 0.15) is 11.2 Å². The van der Waals surface area contributed by atoms with Crippen LogP contribution in [0.25, 0.3) is 155 Å². The van der Waals surface area contributed by atoms with E-state index in [0.29, 0.717) is 34.9 Å². The average molecular weight is 1200 g/mol. The molecule has 4 heterocycles. The first-order valence-corrected chi connectivity index (χ1v) is 32.1. The van der Waals surface area contributed by atoms with Gasteiger partial charge in [-0.05, 0) is 104 Å². The highest BCUT2D eigenvalue weighted by molar-refractivity contribution is 7.26. The van der Waals surface area contributed by atoms with Gasteiger partial charge in [-0.15, -0.1) is 11.3 Å². The quantitative estimate of drug-likeness (QED) is 0.150. The van der Waals surface area contributed by atoms with Crippen LogP contribution in [0, 0.1) is 0 Å². The Labute approximate surface area is 537 Å². The predicted octanol–water partition coefficient (Wildman–Crippen LogP) is 22.0. The minimum atomic E-state index is -0.0958. The van der Waals surface area contributed by atoms with Crippen LogP contribution in [0.1, 0.15) is 49.9 Å². The van der Waals surface area contributed by atoms with Crippen molar-refractivity contribution < 1.29 is 4.42 Å². The number of rotatable bonds is 8. The number of hydrogen-bond donors (Lipinski definition) is 0. The Morgan fingerprint density at radius 3 is 1.13 bits per heavy atom. The van der Waals surface area contributed by atoms with E-state index in [9.17, 15) is 0 Å².